The van der Waals surface area contributed by atoms with Crippen molar-refractivity contribution in [2.24, 2.45) is 0 Å². The summed E-state index contributed by atoms with van der Waals surface area (Å²) in [6, 6.07) is 4.96. The van der Waals surface area contributed by atoms with E-state index in [0.29, 0.717) is 22.7 Å². The SMILES string of the molecule is CS(=O)(=O)OCCOCCNC(=O)c1ccc(Nc2nccn3c(I)cnc23)cc1Cl. The van der Waals surface area contributed by atoms with Gasteiger partial charge in [-0.05, 0) is 40.8 Å². The molecule has 0 fully saturated rings. The number of hydrogen-bond donors (Lipinski definition) is 2. The van der Waals surface area contributed by atoms with E-state index in [0.717, 1.165) is 9.96 Å². The number of imidazole rings is 1. The van der Waals surface area contributed by atoms with Crippen LogP contribution in [0.4, 0.5) is 11.5 Å². The third-order valence-corrected chi connectivity index (χ3v) is 5.62. The van der Waals surface area contributed by atoms with Crippen LogP contribution < -0.4 is 10.6 Å². The molecule has 31 heavy (non-hydrogen) atoms. The van der Waals surface area contributed by atoms with Gasteiger partial charge < -0.3 is 15.4 Å². The molecule has 0 unspecified atom stereocenters. The Morgan fingerprint density at radius 1 is 1.26 bits per heavy atom. The van der Waals surface area contributed by atoms with Crippen LogP contribution in [0.1, 0.15) is 10.4 Å². The largest absolute Gasteiger partial charge is 0.377 e. The number of hydrogen-bond acceptors (Lipinski definition) is 8. The van der Waals surface area contributed by atoms with Gasteiger partial charge in [0.15, 0.2) is 11.5 Å². The normalized spacial score (nSPS) is 11.6. The highest BCUT2D eigenvalue weighted by Crippen LogP contribution is 2.25. The molecule has 2 heterocycles. The predicted molar refractivity (Wildman–Crippen MR) is 124 cm³/mol. The molecule has 2 N–H and O–H groups in total. The topological polar surface area (TPSA) is 124 Å². The summed E-state index contributed by atoms with van der Waals surface area (Å²) in [6.07, 6.45) is 6.19. The van der Waals surface area contributed by atoms with Crippen LogP contribution in [0.5, 0.6) is 0 Å². The second-order valence-electron chi connectivity index (χ2n) is 6.26. The van der Waals surface area contributed by atoms with Gasteiger partial charge in [0.2, 0.25) is 0 Å². The molecule has 166 valence electrons. The van der Waals surface area contributed by atoms with E-state index in [1.165, 1.54) is 0 Å². The van der Waals surface area contributed by atoms with Gasteiger partial charge in [0.1, 0.15) is 3.70 Å². The summed E-state index contributed by atoms with van der Waals surface area (Å²) in [7, 11) is -3.48. The highest BCUT2D eigenvalue weighted by atomic mass is 127. The zero-order valence-corrected chi connectivity index (χ0v) is 20.1. The zero-order chi connectivity index (χ0) is 22.4. The number of amides is 1. The number of ether oxygens (including phenoxy) is 1. The molecule has 0 aliphatic carbocycles. The Labute approximate surface area is 197 Å². The number of benzene rings is 1. The van der Waals surface area contributed by atoms with Gasteiger partial charge in [0, 0.05) is 24.6 Å². The van der Waals surface area contributed by atoms with Crippen molar-refractivity contribution in [2.45, 2.75) is 0 Å². The second kappa shape index (κ2) is 10.5. The van der Waals surface area contributed by atoms with Crippen LogP contribution >= 0.6 is 34.2 Å². The first-order valence-electron chi connectivity index (χ1n) is 8.99. The smallest absolute Gasteiger partial charge is 0.264 e. The Kier molecular flexibility index (Phi) is 8.05. The standard InChI is InChI=1S/C18H19ClIN5O5S/c1-31(27,28)30-9-8-29-7-5-22-18(26)13-3-2-12(10-14(13)19)24-16-17-23-11-15(20)25(17)6-4-21-16/h2-4,6,10-11H,5,7-9H2,1H3,(H,21,24)(H,22,26). The van der Waals surface area contributed by atoms with E-state index in [1.807, 2.05) is 10.6 Å². The number of anilines is 2. The molecule has 0 spiro atoms. The zero-order valence-electron chi connectivity index (χ0n) is 16.3. The molecule has 10 nitrogen and oxygen atoms in total. The van der Waals surface area contributed by atoms with E-state index in [-0.39, 0.29) is 37.3 Å². The summed E-state index contributed by atoms with van der Waals surface area (Å²) in [5.41, 5.74) is 1.65. The van der Waals surface area contributed by atoms with Crippen LogP contribution in [-0.2, 0) is 19.0 Å². The van der Waals surface area contributed by atoms with Gasteiger partial charge in [-0.15, -0.1) is 0 Å². The van der Waals surface area contributed by atoms with E-state index in [1.54, 1.807) is 30.6 Å². The summed E-state index contributed by atoms with van der Waals surface area (Å²) in [4.78, 5) is 21.0. The Morgan fingerprint density at radius 2 is 2.06 bits per heavy atom. The molecule has 1 amide bonds. The second-order valence-corrected chi connectivity index (χ2v) is 9.42. The molecule has 0 bridgehead atoms. The van der Waals surface area contributed by atoms with Crippen molar-refractivity contribution in [3.8, 4) is 0 Å². The average molecular weight is 580 g/mol. The van der Waals surface area contributed by atoms with E-state index >= 15 is 0 Å². The number of carbonyl (C=O) groups is 1. The van der Waals surface area contributed by atoms with Crippen LogP contribution in [0.15, 0.2) is 36.8 Å². The van der Waals surface area contributed by atoms with Gasteiger partial charge >= 0.3 is 0 Å². The first-order valence-corrected chi connectivity index (χ1v) is 12.3. The third-order valence-electron chi connectivity index (χ3n) is 3.92. The first kappa shape index (κ1) is 23.7. The monoisotopic (exact) mass is 579 g/mol. The van der Waals surface area contributed by atoms with Crippen LogP contribution in [-0.4, -0.2) is 61.3 Å². The molecule has 0 aliphatic rings. The molecule has 3 rings (SSSR count). The third kappa shape index (κ3) is 6.74. The van der Waals surface area contributed by atoms with Gasteiger partial charge in [0.25, 0.3) is 16.0 Å². The summed E-state index contributed by atoms with van der Waals surface area (Å²) >= 11 is 8.47. The molecule has 0 radical (unpaired) electrons. The maximum absolute atomic E-state index is 12.3. The summed E-state index contributed by atoms with van der Waals surface area (Å²) < 4.78 is 34.3. The van der Waals surface area contributed by atoms with E-state index in [9.17, 15) is 13.2 Å². The van der Waals surface area contributed by atoms with Gasteiger partial charge in [-0.2, -0.15) is 8.42 Å². The van der Waals surface area contributed by atoms with Crippen molar-refractivity contribution in [1.82, 2.24) is 19.7 Å². The Bertz CT molecular complexity index is 1190. The van der Waals surface area contributed by atoms with Crippen molar-refractivity contribution >= 4 is 67.4 Å². The molecule has 3 aromatic rings. The van der Waals surface area contributed by atoms with Crippen LogP contribution in [0.25, 0.3) is 5.65 Å². The maximum Gasteiger partial charge on any atom is 0.264 e. The summed E-state index contributed by atoms with van der Waals surface area (Å²) in [5, 5.41) is 6.12. The van der Waals surface area contributed by atoms with E-state index < -0.39 is 10.1 Å². The lowest BCUT2D eigenvalue weighted by Crippen LogP contribution is -2.28. The molecular weight excluding hydrogens is 561 g/mol. The van der Waals surface area contributed by atoms with Crippen molar-refractivity contribution in [2.75, 3.05) is 37.9 Å². The number of rotatable bonds is 10. The van der Waals surface area contributed by atoms with Crippen molar-refractivity contribution < 1.29 is 22.1 Å². The molecule has 0 saturated carbocycles. The fraction of sp³-hybridized carbons (Fsp3) is 0.278. The minimum absolute atomic E-state index is 0.0758. The van der Waals surface area contributed by atoms with Gasteiger partial charge in [-0.3, -0.25) is 13.4 Å². The van der Waals surface area contributed by atoms with E-state index in [2.05, 4.69) is 47.4 Å². The fourth-order valence-corrected chi connectivity index (χ4v) is 3.74. The van der Waals surface area contributed by atoms with Crippen molar-refractivity contribution in [3.05, 3.63) is 51.1 Å². The van der Waals surface area contributed by atoms with E-state index in [4.69, 9.17) is 16.3 Å². The Balaban J connectivity index is 1.52. The Hall–Kier alpha value is -2.00. The van der Waals surface area contributed by atoms with Crippen LogP contribution in [0.3, 0.4) is 0 Å². The molecule has 0 aliphatic heterocycles. The number of fused-ring (bicyclic) bond motifs is 1. The number of nitrogens with one attached hydrogen (secondary N) is 2. The average Bonchev–Trinajstić information content (AvgIpc) is 3.08. The molecule has 0 atom stereocenters. The number of halogens is 2. The first-order chi connectivity index (χ1) is 14.7. The van der Waals surface area contributed by atoms with Gasteiger partial charge in [0.05, 0.1) is 42.9 Å². The summed E-state index contributed by atoms with van der Waals surface area (Å²) in [6.45, 7) is 0.460. The number of aromatic nitrogens is 3. The molecule has 2 aromatic heterocycles. The van der Waals surface area contributed by atoms with Gasteiger partial charge in [-0.25, -0.2) is 9.97 Å². The minimum atomic E-state index is -3.48. The number of carbonyl (C=O) groups excluding carboxylic acids is 1. The van der Waals surface area contributed by atoms with Crippen molar-refractivity contribution in [3.63, 3.8) is 0 Å². The van der Waals surface area contributed by atoms with Crippen molar-refractivity contribution in [1.29, 1.82) is 0 Å². The quantitative estimate of drug-likeness (QED) is 0.213. The Morgan fingerprint density at radius 3 is 2.81 bits per heavy atom. The maximum atomic E-state index is 12.3. The highest BCUT2D eigenvalue weighted by Gasteiger charge is 2.12. The molecule has 13 heteroatoms. The predicted octanol–water partition coefficient (Wildman–Crippen LogP) is 2.45. The minimum Gasteiger partial charge on any atom is -0.377 e. The highest BCUT2D eigenvalue weighted by molar-refractivity contribution is 14.1. The lowest BCUT2D eigenvalue weighted by molar-refractivity contribution is 0.0874. The molecule has 0 saturated heterocycles. The fourth-order valence-electron chi connectivity index (χ4n) is 2.57. The number of nitrogens with zero attached hydrogens (tertiary/aromatic N) is 3. The molecule has 1 aromatic carbocycles. The van der Waals surface area contributed by atoms with Gasteiger partial charge in [-0.1, -0.05) is 11.6 Å². The summed E-state index contributed by atoms with van der Waals surface area (Å²) in [5.74, 6) is 0.214. The lowest BCUT2D eigenvalue weighted by Gasteiger charge is -2.10. The van der Waals surface area contributed by atoms with Crippen LogP contribution in [0.2, 0.25) is 5.02 Å². The molecular formula is C18H19ClIN5O5S. The van der Waals surface area contributed by atoms with Crippen LogP contribution in [0, 0.1) is 3.70 Å². The lowest BCUT2D eigenvalue weighted by atomic mass is 10.2.